The Bertz CT molecular complexity index is 998. The maximum atomic E-state index is 5.42. The van der Waals surface area contributed by atoms with Crippen molar-refractivity contribution in [3.63, 3.8) is 0 Å². The summed E-state index contributed by atoms with van der Waals surface area (Å²) in [6.45, 7) is 1.35. The van der Waals surface area contributed by atoms with E-state index < -0.39 is 0 Å². The normalized spacial score (nSPS) is 11.2. The topological polar surface area (TPSA) is 55.1 Å². The Morgan fingerprint density at radius 1 is 0.893 bits per heavy atom. The van der Waals surface area contributed by atoms with E-state index >= 15 is 0 Å². The minimum absolute atomic E-state index is 0.608. The number of thiazole rings is 1. The summed E-state index contributed by atoms with van der Waals surface area (Å²) in [4.78, 5) is 11.4. The summed E-state index contributed by atoms with van der Waals surface area (Å²) < 4.78 is 5.42. The van der Waals surface area contributed by atoms with Gasteiger partial charge in [0.2, 0.25) is 5.89 Å². The first-order chi connectivity index (χ1) is 13.8. The number of nitrogens with zero attached hydrogens (tertiary/aromatic N) is 4. The van der Waals surface area contributed by atoms with E-state index in [4.69, 9.17) is 9.51 Å². The molecule has 0 amide bonds. The number of hydrogen-bond donors (Lipinski definition) is 0. The van der Waals surface area contributed by atoms with Crippen molar-refractivity contribution >= 4 is 11.3 Å². The molecule has 0 bridgehead atoms. The van der Waals surface area contributed by atoms with Crippen molar-refractivity contribution in [3.05, 3.63) is 89.0 Å². The molecule has 0 fully saturated rings. The maximum absolute atomic E-state index is 5.42. The molecule has 4 rings (SSSR count). The molecule has 0 aliphatic rings. The Morgan fingerprint density at radius 3 is 2.43 bits per heavy atom. The Balaban J connectivity index is 1.30. The molecule has 6 heteroatoms. The van der Waals surface area contributed by atoms with Gasteiger partial charge in [-0.15, -0.1) is 11.3 Å². The smallest absolute Gasteiger partial charge is 0.240 e. The van der Waals surface area contributed by atoms with Crippen LogP contribution in [0.2, 0.25) is 0 Å². The molecule has 142 valence electrons. The van der Waals surface area contributed by atoms with Gasteiger partial charge in [0.1, 0.15) is 5.01 Å². The van der Waals surface area contributed by atoms with Gasteiger partial charge >= 0.3 is 0 Å². The molecule has 0 aliphatic carbocycles. The van der Waals surface area contributed by atoms with Gasteiger partial charge in [-0.1, -0.05) is 65.8 Å². The second-order valence-electron chi connectivity index (χ2n) is 6.77. The average molecular weight is 391 g/mol. The lowest BCUT2D eigenvalue weighted by molar-refractivity contribution is 0.258. The SMILES string of the molecule is CN(Cc1csc(-c2ccccc2)n1)Cc1nc(CCc2ccccc2)no1. The predicted molar refractivity (Wildman–Crippen MR) is 111 cm³/mol. The van der Waals surface area contributed by atoms with Crippen molar-refractivity contribution in [2.75, 3.05) is 7.05 Å². The van der Waals surface area contributed by atoms with Crippen LogP contribution in [0.25, 0.3) is 10.6 Å². The molecule has 5 nitrogen and oxygen atoms in total. The van der Waals surface area contributed by atoms with E-state index in [9.17, 15) is 0 Å². The highest BCUT2D eigenvalue weighted by atomic mass is 32.1. The van der Waals surface area contributed by atoms with Crippen LogP contribution in [-0.4, -0.2) is 27.1 Å². The van der Waals surface area contributed by atoms with Crippen LogP contribution in [0.1, 0.15) is 23.0 Å². The molecular weight excluding hydrogens is 368 g/mol. The molecule has 0 unspecified atom stereocenters. The van der Waals surface area contributed by atoms with Gasteiger partial charge in [-0.3, -0.25) is 4.90 Å². The van der Waals surface area contributed by atoms with Crippen molar-refractivity contribution in [3.8, 4) is 10.6 Å². The lowest BCUT2D eigenvalue weighted by atomic mass is 10.1. The Hall–Kier alpha value is -2.83. The van der Waals surface area contributed by atoms with E-state index in [-0.39, 0.29) is 0 Å². The third kappa shape index (κ3) is 4.91. The van der Waals surface area contributed by atoms with Gasteiger partial charge in [0, 0.05) is 23.9 Å². The van der Waals surface area contributed by atoms with E-state index in [0.29, 0.717) is 12.4 Å². The molecule has 4 aromatic rings. The van der Waals surface area contributed by atoms with Crippen molar-refractivity contribution in [1.29, 1.82) is 0 Å². The van der Waals surface area contributed by atoms with E-state index in [1.807, 2.05) is 43.4 Å². The van der Waals surface area contributed by atoms with Crippen molar-refractivity contribution in [2.45, 2.75) is 25.9 Å². The van der Waals surface area contributed by atoms with Crippen LogP contribution in [0.15, 0.2) is 70.6 Å². The molecule has 0 N–H and O–H groups in total. The molecule has 0 aliphatic heterocycles. The highest BCUT2D eigenvalue weighted by Crippen LogP contribution is 2.23. The van der Waals surface area contributed by atoms with Crippen molar-refractivity contribution < 1.29 is 4.52 Å². The van der Waals surface area contributed by atoms with Gasteiger partial charge in [0.15, 0.2) is 5.82 Å². The quantitative estimate of drug-likeness (QED) is 0.440. The highest BCUT2D eigenvalue weighted by molar-refractivity contribution is 7.13. The molecule has 0 radical (unpaired) electrons. The average Bonchev–Trinajstić information content (AvgIpc) is 3.37. The van der Waals surface area contributed by atoms with E-state index in [0.717, 1.165) is 41.5 Å². The molecule has 2 aromatic heterocycles. The van der Waals surface area contributed by atoms with Crippen molar-refractivity contribution in [1.82, 2.24) is 20.0 Å². The zero-order chi connectivity index (χ0) is 19.2. The van der Waals surface area contributed by atoms with Gasteiger partial charge in [-0.2, -0.15) is 4.98 Å². The fourth-order valence-corrected chi connectivity index (χ4v) is 3.83. The summed E-state index contributed by atoms with van der Waals surface area (Å²) in [7, 11) is 2.04. The Morgan fingerprint density at radius 2 is 1.64 bits per heavy atom. The molecule has 0 atom stereocenters. The van der Waals surface area contributed by atoms with Crippen LogP contribution < -0.4 is 0 Å². The van der Waals surface area contributed by atoms with E-state index in [1.165, 1.54) is 5.56 Å². The maximum Gasteiger partial charge on any atom is 0.240 e. The summed E-state index contributed by atoms with van der Waals surface area (Å²) in [5, 5.41) is 7.26. The minimum Gasteiger partial charge on any atom is -0.338 e. The van der Waals surface area contributed by atoms with E-state index in [1.54, 1.807) is 11.3 Å². The molecule has 28 heavy (non-hydrogen) atoms. The minimum atomic E-state index is 0.608. The summed E-state index contributed by atoms with van der Waals surface area (Å²) in [6.07, 6.45) is 1.69. The highest BCUT2D eigenvalue weighted by Gasteiger charge is 2.12. The van der Waals surface area contributed by atoms with Gasteiger partial charge < -0.3 is 4.52 Å². The van der Waals surface area contributed by atoms with Crippen LogP contribution in [0, 0.1) is 0 Å². The molecule has 2 heterocycles. The standard InChI is InChI=1S/C22H22N4OS/c1-26(14-19-16-28-22(23-19)18-10-6-3-7-11-18)15-21-24-20(25-27-21)13-12-17-8-4-2-5-9-17/h2-11,16H,12-15H2,1H3. The lowest BCUT2D eigenvalue weighted by Gasteiger charge is -2.11. The first kappa shape index (κ1) is 18.5. The zero-order valence-electron chi connectivity index (χ0n) is 15.8. The van der Waals surface area contributed by atoms with Crippen molar-refractivity contribution in [2.24, 2.45) is 0 Å². The number of aromatic nitrogens is 3. The summed E-state index contributed by atoms with van der Waals surface area (Å²) >= 11 is 1.67. The summed E-state index contributed by atoms with van der Waals surface area (Å²) in [5.41, 5.74) is 3.49. The largest absolute Gasteiger partial charge is 0.338 e. The fraction of sp³-hybridized carbons (Fsp3) is 0.227. The molecule has 0 saturated carbocycles. The number of benzene rings is 2. The van der Waals surface area contributed by atoms with Gasteiger partial charge in [0.05, 0.1) is 12.2 Å². The third-order valence-corrected chi connectivity index (χ3v) is 5.34. The fourth-order valence-electron chi connectivity index (χ4n) is 3.01. The third-order valence-electron chi connectivity index (χ3n) is 4.40. The summed E-state index contributed by atoms with van der Waals surface area (Å²) in [6, 6.07) is 20.6. The van der Waals surface area contributed by atoms with Crippen LogP contribution in [0.4, 0.5) is 0 Å². The number of aryl methyl sites for hydroxylation is 2. The molecular formula is C22H22N4OS. The van der Waals surface area contributed by atoms with Gasteiger partial charge in [-0.25, -0.2) is 4.98 Å². The zero-order valence-corrected chi connectivity index (χ0v) is 16.6. The Kier molecular flexibility index (Phi) is 5.89. The molecule has 0 saturated heterocycles. The van der Waals surface area contributed by atoms with E-state index in [2.05, 4.69) is 44.7 Å². The van der Waals surface area contributed by atoms with Gasteiger partial charge in [0.25, 0.3) is 0 Å². The monoisotopic (exact) mass is 390 g/mol. The lowest BCUT2D eigenvalue weighted by Crippen LogP contribution is -2.17. The first-order valence-electron chi connectivity index (χ1n) is 9.30. The summed E-state index contributed by atoms with van der Waals surface area (Å²) in [5.74, 6) is 1.40. The van der Waals surface area contributed by atoms with Crippen LogP contribution >= 0.6 is 11.3 Å². The van der Waals surface area contributed by atoms with Gasteiger partial charge in [-0.05, 0) is 19.0 Å². The predicted octanol–water partition coefficient (Wildman–Crippen LogP) is 4.61. The Labute approximate surface area is 168 Å². The van der Waals surface area contributed by atoms with Crippen LogP contribution in [-0.2, 0) is 25.9 Å². The molecule has 2 aromatic carbocycles. The second kappa shape index (κ2) is 8.91. The second-order valence-corrected chi connectivity index (χ2v) is 7.63. The molecule has 0 spiro atoms. The van der Waals surface area contributed by atoms with Crippen LogP contribution in [0.5, 0.6) is 0 Å². The number of rotatable bonds is 8. The van der Waals surface area contributed by atoms with Crippen LogP contribution in [0.3, 0.4) is 0 Å². The number of hydrogen-bond acceptors (Lipinski definition) is 6. The first-order valence-corrected chi connectivity index (χ1v) is 10.2.